The van der Waals surface area contributed by atoms with Gasteiger partial charge in [0.1, 0.15) is 0 Å². The number of nitrogens with zero attached hydrogens (tertiary/aromatic N) is 1. The Bertz CT molecular complexity index is 260. The van der Waals surface area contributed by atoms with E-state index >= 15 is 0 Å². The number of hydrogen-bond acceptors (Lipinski definition) is 2. The van der Waals surface area contributed by atoms with Crippen LogP contribution in [-0.4, -0.2) is 36.0 Å². The summed E-state index contributed by atoms with van der Waals surface area (Å²) in [7, 11) is 0. The van der Waals surface area contributed by atoms with Crippen LogP contribution in [-0.2, 0) is 4.79 Å². The molecule has 3 aliphatic rings. The lowest BCUT2D eigenvalue weighted by atomic mass is 9.87. The molecule has 0 spiro atoms. The second-order valence-corrected chi connectivity index (χ2v) is 5.22. The Morgan fingerprint density at radius 1 is 1.13 bits per heavy atom. The predicted molar refractivity (Wildman–Crippen MR) is 58.5 cm³/mol. The van der Waals surface area contributed by atoms with Crippen molar-refractivity contribution in [1.82, 2.24) is 10.2 Å². The average molecular weight is 208 g/mol. The van der Waals surface area contributed by atoms with Crippen molar-refractivity contribution in [3.8, 4) is 0 Å². The van der Waals surface area contributed by atoms with E-state index in [0.29, 0.717) is 23.9 Å². The lowest BCUT2D eigenvalue weighted by Gasteiger charge is -2.44. The fraction of sp³-hybridized carbons (Fsp3) is 0.917. The highest BCUT2D eigenvalue weighted by molar-refractivity contribution is 5.81. The molecule has 0 bridgehead atoms. The van der Waals surface area contributed by atoms with Gasteiger partial charge in [0.05, 0.1) is 0 Å². The largest absolute Gasteiger partial charge is 0.337 e. The molecule has 3 rings (SSSR count). The maximum absolute atomic E-state index is 12.1. The summed E-state index contributed by atoms with van der Waals surface area (Å²) >= 11 is 0. The molecule has 3 fully saturated rings. The standard InChI is InChI=1S/C12H20N2O/c15-12(9-5-6-9)14-8-7-13-10-3-1-2-4-11(10)14/h9-11,13H,1-8H2. The molecule has 0 aromatic heterocycles. The Labute approximate surface area is 91.2 Å². The van der Waals surface area contributed by atoms with Crippen molar-refractivity contribution >= 4 is 5.91 Å². The first-order valence-corrected chi connectivity index (χ1v) is 6.40. The van der Waals surface area contributed by atoms with Gasteiger partial charge in [0.2, 0.25) is 5.91 Å². The van der Waals surface area contributed by atoms with Crippen LogP contribution in [0.4, 0.5) is 0 Å². The van der Waals surface area contributed by atoms with Crippen LogP contribution in [0.5, 0.6) is 0 Å². The molecule has 0 radical (unpaired) electrons. The molecule has 1 N–H and O–H groups in total. The summed E-state index contributed by atoms with van der Waals surface area (Å²) in [6.07, 6.45) is 7.40. The monoisotopic (exact) mass is 208 g/mol. The Hall–Kier alpha value is -0.570. The van der Waals surface area contributed by atoms with Crippen LogP contribution in [0, 0.1) is 5.92 Å². The molecule has 1 amide bonds. The van der Waals surface area contributed by atoms with Crippen molar-refractivity contribution in [3.63, 3.8) is 0 Å². The van der Waals surface area contributed by atoms with Gasteiger partial charge in [-0.3, -0.25) is 4.79 Å². The first-order valence-electron chi connectivity index (χ1n) is 6.40. The van der Waals surface area contributed by atoms with E-state index in [1.54, 1.807) is 0 Å². The van der Waals surface area contributed by atoms with Gasteiger partial charge in [0.25, 0.3) is 0 Å². The minimum atomic E-state index is 0.394. The van der Waals surface area contributed by atoms with Crippen LogP contribution in [0.15, 0.2) is 0 Å². The summed E-state index contributed by atoms with van der Waals surface area (Å²) in [4.78, 5) is 14.3. The highest BCUT2D eigenvalue weighted by Gasteiger charge is 2.40. The first kappa shape index (κ1) is 9.64. The maximum Gasteiger partial charge on any atom is 0.226 e. The second-order valence-electron chi connectivity index (χ2n) is 5.22. The van der Waals surface area contributed by atoms with E-state index in [9.17, 15) is 4.79 Å². The Balaban J connectivity index is 1.72. The molecule has 2 saturated carbocycles. The predicted octanol–water partition coefficient (Wildman–Crippen LogP) is 1.14. The molecule has 2 aliphatic carbocycles. The third-order valence-electron chi connectivity index (χ3n) is 4.10. The number of fused-ring (bicyclic) bond motifs is 1. The minimum Gasteiger partial charge on any atom is -0.337 e. The molecule has 1 aliphatic heterocycles. The van der Waals surface area contributed by atoms with Crippen molar-refractivity contribution in [2.24, 2.45) is 5.92 Å². The number of rotatable bonds is 1. The van der Waals surface area contributed by atoms with Crippen LogP contribution in [0.2, 0.25) is 0 Å². The van der Waals surface area contributed by atoms with Gasteiger partial charge in [0, 0.05) is 31.1 Å². The smallest absolute Gasteiger partial charge is 0.226 e. The summed E-state index contributed by atoms with van der Waals surface area (Å²) in [5.41, 5.74) is 0. The third-order valence-corrected chi connectivity index (χ3v) is 4.10. The van der Waals surface area contributed by atoms with Gasteiger partial charge >= 0.3 is 0 Å². The second kappa shape index (κ2) is 3.78. The third kappa shape index (κ3) is 1.78. The quantitative estimate of drug-likeness (QED) is 0.701. The van der Waals surface area contributed by atoms with E-state index in [1.165, 1.54) is 25.7 Å². The van der Waals surface area contributed by atoms with E-state index in [4.69, 9.17) is 0 Å². The summed E-state index contributed by atoms with van der Waals surface area (Å²) < 4.78 is 0. The molecule has 15 heavy (non-hydrogen) atoms. The topological polar surface area (TPSA) is 32.3 Å². The lowest BCUT2D eigenvalue weighted by Crippen LogP contribution is -2.60. The highest BCUT2D eigenvalue weighted by Crippen LogP contribution is 2.34. The summed E-state index contributed by atoms with van der Waals surface area (Å²) in [6, 6.07) is 1.11. The Kier molecular flexibility index (Phi) is 2.43. The SMILES string of the molecule is O=C(C1CC1)N1CCNC2CCCCC21. The molecule has 84 valence electrons. The molecule has 1 saturated heterocycles. The fourth-order valence-corrected chi connectivity index (χ4v) is 3.10. The zero-order valence-electron chi connectivity index (χ0n) is 9.24. The fourth-order valence-electron chi connectivity index (χ4n) is 3.10. The molecule has 0 aromatic rings. The van der Waals surface area contributed by atoms with Gasteiger partial charge in [0.15, 0.2) is 0 Å². The van der Waals surface area contributed by atoms with Crippen LogP contribution >= 0.6 is 0 Å². The molecule has 0 aromatic carbocycles. The Morgan fingerprint density at radius 3 is 2.73 bits per heavy atom. The number of carbonyl (C=O) groups excluding carboxylic acids is 1. The van der Waals surface area contributed by atoms with Crippen LogP contribution in [0.25, 0.3) is 0 Å². The molecule has 3 heteroatoms. The number of amides is 1. The average Bonchev–Trinajstić information content (AvgIpc) is 3.11. The highest BCUT2D eigenvalue weighted by atomic mass is 16.2. The normalized spacial score (nSPS) is 36.1. The van der Waals surface area contributed by atoms with E-state index in [-0.39, 0.29) is 0 Å². The van der Waals surface area contributed by atoms with Gasteiger partial charge in [-0.25, -0.2) is 0 Å². The van der Waals surface area contributed by atoms with Crippen molar-refractivity contribution in [2.75, 3.05) is 13.1 Å². The lowest BCUT2D eigenvalue weighted by molar-refractivity contribution is -0.137. The molecule has 2 atom stereocenters. The molecular weight excluding hydrogens is 188 g/mol. The number of piperazine rings is 1. The molecule has 3 nitrogen and oxygen atoms in total. The number of hydrogen-bond donors (Lipinski definition) is 1. The minimum absolute atomic E-state index is 0.394. The van der Waals surface area contributed by atoms with Gasteiger partial charge in [-0.05, 0) is 25.7 Å². The van der Waals surface area contributed by atoms with Crippen molar-refractivity contribution in [3.05, 3.63) is 0 Å². The summed E-state index contributed by atoms with van der Waals surface area (Å²) in [5, 5.41) is 3.57. The van der Waals surface area contributed by atoms with Crippen molar-refractivity contribution < 1.29 is 4.79 Å². The first-order chi connectivity index (χ1) is 7.36. The van der Waals surface area contributed by atoms with Crippen molar-refractivity contribution in [2.45, 2.75) is 50.6 Å². The maximum atomic E-state index is 12.1. The summed E-state index contributed by atoms with van der Waals surface area (Å²) in [6.45, 7) is 1.94. The number of nitrogens with one attached hydrogen (secondary N) is 1. The van der Waals surface area contributed by atoms with E-state index in [2.05, 4.69) is 10.2 Å². The van der Waals surface area contributed by atoms with Gasteiger partial charge in [-0.2, -0.15) is 0 Å². The van der Waals surface area contributed by atoms with Crippen LogP contribution < -0.4 is 5.32 Å². The summed E-state index contributed by atoms with van der Waals surface area (Å²) in [5.74, 6) is 0.846. The number of carbonyl (C=O) groups is 1. The van der Waals surface area contributed by atoms with Crippen LogP contribution in [0.1, 0.15) is 38.5 Å². The molecule has 2 unspecified atom stereocenters. The van der Waals surface area contributed by atoms with Gasteiger partial charge in [-0.15, -0.1) is 0 Å². The van der Waals surface area contributed by atoms with E-state index < -0.39 is 0 Å². The zero-order chi connectivity index (χ0) is 10.3. The van der Waals surface area contributed by atoms with Crippen LogP contribution in [0.3, 0.4) is 0 Å². The zero-order valence-corrected chi connectivity index (χ0v) is 9.24. The molecular formula is C12H20N2O. The Morgan fingerprint density at radius 2 is 1.93 bits per heavy atom. The van der Waals surface area contributed by atoms with Crippen molar-refractivity contribution in [1.29, 1.82) is 0 Å². The van der Waals surface area contributed by atoms with Gasteiger partial charge < -0.3 is 10.2 Å². The van der Waals surface area contributed by atoms with Gasteiger partial charge in [-0.1, -0.05) is 12.8 Å². The van der Waals surface area contributed by atoms with E-state index in [1.807, 2.05) is 0 Å². The van der Waals surface area contributed by atoms with E-state index in [0.717, 1.165) is 25.9 Å². The molecule has 1 heterocycles.